The quantitative estimate of drug-likeness (QED) is 0.665. The standard InChI is InChI=1S/C20H21N3O2S2/c1-11-8-12(2)17(13(3)9-11)23-16(24)10-21-19(25)18-14(4)22-20(27-18)15-6-5-7-26-15/h5-9H,10H2,1-4H3,(H,21,25)(H,23,24). The van der Waals surface area contributed by atoms with Crippen LogP contribution in [0.4, 0.5) is 5.69 Å². The van der Waals surface area contributed by atoms with Crippen molar-refractivity contribution in [2.75, 3.05) is 11.9 Å². The molecule has 2 N–H and O–H groups in total. The van der Waals surface area contributed by atoms with Gasteiger partial charge in [0.15, 0.2) is 0 Å². The molecule has 0 bridgehead atoms. The summed E-state index contributed by atoms with van der Waals surface area (Å²) in [4.78, 5) is 30.8. The summed E-state index contributed by atoms with van der Waals surface area (Å²) in [5, 5.41) is 8.38. The van der Waals surface area contributed by atoms with E-state index in [1.54, 1.807) is 11.3 Å². The van der Waals surface area contributed by atoms with Crippen LogP contribution in [0.15, 0.2) is 29.6 Å². The minimum Gasteiger partial charge on any atom is -0.342 e. The largest absolute Gasteiger partial charge is 0.342 e. The van der Waals surface area contributed by atoms with Crippen LogP contribution in [-0.4, -0.2) is 23.3 Å². The number of aromatic nitrogens is 1. The normalized spacial score (nSPS) is 10.7. The number of thiophene rings is 1. The number of carbonyl (C=O) groups is 2. The summed E-state index contributed by atoms with van der Waals surface area (Å²) >= 11 is 2.93. The number of amides is 2. The molecule has 0 unspecified atom stereocenters. The van der Waals surface area contributed by atoms with E-state index in [2.05, 4.69) is 15.6 Å². The third kappa shape index (κ3) is 4.43. The van der Waals surface area contributed by atoms with Crippen molar-refractivity contribution in [2.45, 2.75) is 27.7 Å². The molecule has 0 aliphatic heterocycles. The van der Waals surface area contributed by atoms with Gasteiger partial charge in [-0.2, -0.15) is 0 Å². The molecule has 140 valence electrons. The number of anilines is 1. The molecule has 2 heterocycles. The summed E-state index contributed by atoms with van der Waals surface area (Å²) < 4.78 is 0. The Bertz CT molecular complexity index is 968. The fraction of sp³-hybridized carbons (Fsp3) is 0.250. The lowest BCUT2D eigenvalue weighted by molar-refractivity contribution is -0.115. The monoisotopic (exact) mass is 399 g/mol. The predicted octanol–water partition coefficient (Wildman–Crippen LogP) is 4.47. The fourth-order valence-electron chi connectivity index (χ4n) is 2.91. The number of benzene rings is 1. The van der Waals surface area contributed by atoms with Crippen molar-refractivity contribution >= 4 is 40.2 Å². The van der Waals surface area contributed by atoms with E-state index >= 15 is 0 Å². The van der Waals surface area contributed by atoms with Crippen molar-refractivity contribution in [2.24, 2.45) is 0 Å². The molecule has 0 atom stereocenters. The van der Waals surface area contributed by atoms with Gasteiger partial charge in [0.2, 0.25) is 5.91 Å². The first-order chi connectivity index (χ1) is 12.8. The van der Waals surface area contributed by atoms with E-state index in [1.165, 1.54) is 11.3 Å². The summed E-state index contributed by atoms with van der Waals surface area (Å²) in [6.45, 7) is 7.66. The highest BCUT2D eigenvalue weighted by molar-refractivity contribution is 7.22. The van der Waals surface area contributed by atoms with E-state index in [1.807, 2.05) is 57.3 Å². The number of hydrogen-bond acceptors (Lipinski definition) is 5. The fourth-order valence-corrected chi connectivity index (χ4v) is 4.69. The second kappa shape index (κ2) is 8.02. The summed E-state index contributed by atoms with van der Waals surface area (Å²) in [5.41, 5.74) is 4.64. The van der Waals surface area contributed by atoms with Gasteiger partial charge in [-0.05, 0) is 50.3 Å². The second-order valence-corrected chi connectivity index (χ2v) is 8.36. The first kappa shape index (κ1) is 19.3. The molecule has 0 radical (unpaired) electrons. The van der Waals surface area contributed by atoms with E-state index < -0.39 is 0 Å². The Morgan fingerprint density at radius 2 is 1.81 bits per heavy atom. The molecule has 0 saturated carbocycles. The van der Waals surface area contributed by atoms with Gasteiger partial charge in [-0.3, -0.25) is 9.59 Å². The molecule has 3 aromatic rings. The second-order valence-electron chi connectivity index (χ2n) is 6.42. The summed E-state index contributed by atoms with van der Waals surface area (Å²) in [6, 6.07) is 7.97. The van der Waals surface area contributed by atoms with Gasteiger partial charge < -0.3 is 10.6 Å². The maximum absolute atomic E-state index is 12.5. The van der Waals surface area contributed by atoms with Crippen molar-refractivity contribution in [1.29, 1.82) is 0 Å². The first-order valence-electron chi connectivity index (χ1n) is 8.52. The SMILES string of the molecule is Cc1cc(C)c(NC(=O)CNC(=O)c2sc(-c3cccs3)nc2C)c(C)c1. The molecule has 0 fully saturated rings. The minimum atomic E-state index is -0.277. The van der Waals surface area contributed by atoms with Crippen molar-refractivity contribution < 1.29 is 9.59 Å². The number of rotatable bonds is 5. The molecule has 7 heteroatoms. The lowest BCUT2D eigenvalue weighted by Crippen LogP contribution is -2.33. The molecule has 2 aromatic heterocycles. The van der Waals surface area contributed by atoms with Crippen LogP contribution in [0.5, 0.6) is 0 Å². The van der Waals surface area contributed by atoms with Crippen LogP contribution in [0.25, 0.3) is 9.88 Å². The average molecular weight is 400 g/mol. The lowest BCUT2D eigenvalue weighted by atomic mass is 10.1. The molecule has 0 aliphatic rings. The van der Waals surface area contributed by atoms with Gasteiger partial charge in [0.05, 0.1) is 17.1 Å². The van der Waals surface area contributed by atoms with Gasteiger partial charge in [0, 0.05) is 5.69 Å². The van der Waals surface area contributed by atoms with Gasteiger partial charge in [-0.15, -0.1) is 22.7 Å². The first-order valence-corrected chi connectivity index (χ1v) is 10.2. The molecule has 2 amide bonds. The third-order valence-corrected chi connectivity index (χ3v) is 6.28. The Hall–Kier alpha value is -2.51. The van der Waals surface area contributed by atoms with Gasteiger partial charge in [-0.25, -0.2) is 4.98 Å². The highest BCUT2D eigenvalue weighted by Gasteiger charge is 2.17. The Morgan fingerprint density at radius 1 is 1.11 bits per heavy atom. The van der Waals surface area contributed by atoms with Crippen LogP contribution < -0.4 is 10.6 Å². The predicted molar refractivity (Wildman–Crippen MR) is 112 cm³/mol. The van der Waals surface area contributed by atoms with Crippen LogP contribution in [0, 0.1) is 27.7 Å². The van der Waals surface area contributed by atoms with Crippen molar-refractivity contribution in [3.8, 4) is 9.88 Å². The highest BCUT2D eigenvalue weighted by Crippen LogP contribution is 2.31. The van der Waals surface area contributed by atoms with Crippen LogP contribution in [0.1, 0.15) is 32.1 Å². The molecule has 0 spiro atoms. The zero-order chi connectivity index (χ0) is 19.6. The van der Waals surface area contributed by atoms with Gasteiger partial charge in [0.25, 0.3) is 5.91 Å². The van der Waals surface area contributed by atoms with E-state index in [9.17, 15) is 9.59 Å². The van der Waals surface area contributed by atoms with Crippen LogP contribution in [0.3, 0.4) is 0 Å². The van der Waals surface area contributed by atoms with Crippen LogP contribution in [-0.2, 0) is 4.79 Å². The molecule has 3 rings (SSSR count). The lowest BCUT2D eigenvalue weighted by Gasteiger charge is -2.13. The molecule has 27 heavy (non-hydrogen) atoms. The Morgan fingerprint density at radius 3 is 2.44 bits per heavy atom. The smallest absolute Gasteiger partial charge is 0.263 e. The molecular formula is C20H21N3O2S2. The van der Waals surface area contributed by atoms with Crippen LogP contribution >= 0.6 is 22.7 Å². The van der Waals surface area contributed by atoms with Crippen molar-refractivity contribution in [3.05, 3.63) is 56.9 Å². The van der Waals surface area contributed by atoms with E-state index in [0.29, 0.717) is 10.6 Å². The number of nitrogens with one attached hydrogen (secondary N) is 2. The van der Waals surface area contributed by atoms with Crippen molar-refractivity contribution in [1.82, 2.24) is 10.3 Å². The Balaban J connectivity index is 1.63. The number of hydrogen-bond donors (Lipinski definition) is 2. The zero-order valence-corrected chi connectivity index (χ0v) is 17.3. The molecule has 0 aliphatic carbocycles. The third-order valence-electron chi connectivity index (χ3n) is 4.09. The topological polar surface area (TPSA) is 71.1 Å². The van der Waals surface area contributed by atoms with Crippen LogP contribution in [0.2, 0.25) is 0 Å². The molecular weight excluding hydrogens is 378 g/mol. The van der Waals surface area contributed by atoms with Gasteiger partial charge in [0.1, 0.15) is 9.88 Å². The number of carbonyl (C=O) groups excluding carboxylic acids is 2. The minimum absolute atomic E-state index is 0.0860. The zero-order valence-electron chi connectivity index (χ0n) is 15.7. The summed E-state index contributed by atoms with van der Waals surface area (Å²) in [6.07, 6.45) is 0. The number of aryl methyl sites for hydroxylation is 4. The molecule has 0 saturated heterocycles. The number of nitrogens with zero attached hydrogens (tertiary/aromatic N) is 1. The maximum atomic E-state index is 12.5. The van der Waals surface area contributed by atoms with Gasteiger partial charge >= 0.3 is 0 Å². The number of thiazole rings is 1. The molecule has 1 aromatic carbocycles. The maximum Gasteiger partial charge on any atom is 0.263 e. The van der Waals surface area contributed by atoms with Crippen molar-refractivity contribution in [3.63, 3.8) is 0 Å². The molecule has 5 nitrogen and oxygen atoms in total. The summed E-state index contributed by atoms with van der Waals surface area (Å²) in [7, 11) is 0. The van der Waals surface area contributed by atoms with E-state index in [0.717, 1.165) is 32.3 Å². The highest BCUT2D eigenvalue weighted by atomic mass is 32.1. The van der Waals surface area contributed by atoms with E-state index in [4.69, 9.17) is 0 Å². The Kier molecular flexibility index (Phi) is 5.72. The average Bonchev–Trinajstić information content (AvgIpc) is 3.25. The van der Waals surface area contributed by atoms with Gasteiger partial charge in [-0.1, -0.05) is 23.8 Å². The summed E-state index contributed by atoms with van der Waals surface area (Å²) in [5.74, 6) is -0.528. The van der Waals surface area contributed by atoms with E-state index in [-0.39, 0.29) is 18.4 Å². The Labute approximate surface area is 166 Å².